The van der Waals surface area contributed by atoms with E-state index in [1.165, 1.54) is 25.7 Å². The summed E-state index contributed by atoms with van der Waals surface area (Å²) in [6.45, 7) is 0.847. The third-order valence-electron chi connectivity index (χ3n) is 3.41. The molecule has 0 bridgehead atoms. The first-order valence-electron chi connectivity index (χ1n) is 6.58. The number of amides is 1. The summed E-state index contributed by atoms with van der Waals surface area (Å²) in [7, 11) is 0. The molecule has 4 heteroatoms. The number of hydrogen-bond acceptors (Lipinski definition) is 2. The maximum Gasteiger partial charge on any atom is 0.255 e. The Morgan fingerprint density at radius 3 is 2.78 bits per heavy atom. The highest BCUT2D eigenvalue weighted by Gasteiger charge is 2.18. The Morgan fingerprint density at radius 1 is 1.33 bits per heavy atom. The van der Waals surface area contributed by atoms with Crippen LogP contribution >= 0.6 is 0 Å². The van der Waals surface area contributed by atoms with Crippen molar-refractivity contribution in [3.05, 3.63) is 29.8 Å². The van der Waals surface area contributed by atoms with Gasteiger partial charge in [-0.3, -0.25) is 4.79 Å². The van der Waals surface area contributed by atoms with E-state index < -0.39 is 5.91 Å². The van der Waals surface area contributed by atoms with Crippen LogP contribution in [-0.2, 0) is 11.3 Å². The van der Waals surface area contributed by atoms with E-state index in [9.17, 15) is 4.79 Å². The molecule has 0 spiro atoms. The molecule has 98 valence electrons. The van der Waals surface area contributed by atoms with Gasteiger partial charge in [0.05, 0.1) is 6.04 Å². The summed E-state index contributed by atoms with van der Waals surface area (Å²) in [5.74, 6) is 0.329. The van der Waals surface area contributed by atoms with Crippen molar-refractivity contribution in [3.63, 3.8) is 0 Å². The predicted molar refractivity (Wildman–Crippen MR) is 69.0 cm³/mol. The fourth-order valence-electron chi connectivity index (χ4n) is 2.45. The highest BCUT2D eigenvalue weighted by molar-refractivity contribution is 5.75. The fraction of sp³-hybridized carbons (Fsp3) is 0.500. The summed E-state index contributed by atoms with van der Waals surface area (Å²) in [6, 6.07) is 8.58. The average Bonchev–Trinajstić information content (AvgIpc) is 2.88. The fourth-order valence-corrected chi connectivity index (χ4v) is 2.45. The van der Waals surface area contributed by atoms with Crippen molar-refractivity contribution < 1.29 is 14.8 Å². The Balaban J connectivity index is 1.91. The van der Waals surface area contributed by atoms with Gasteiger partial charge in [-0.15, -0.1) is 0 Å². The Labute approximate surface area is 108 Å². The van der Waals surface area contributed by atoms with Gasteiger partial charge in [0.2, 0.25) is 0 Å². The second-order valence-corrected chi connectivity index (χ2v) is 4.85. The number of primary amides is 1. The topological polar surface area (TPSA) is 68.9 Å². The van der Waals surface area contributed by atoms with Gasteiger partial charge in [-0.2, -0.15) is 0 Å². The van der Waals surface area contributed by atoms with Crippen LogP contribution in [0.3, 0.4) is 0 Å². The van der Waals surface area contributed by atoms with Crippen LogP contribution in [0.1, 0.15) is 31.2 Å². The van der Waals surface area contributed by atoms with Gasteiger partial charge < -0.3 is 15.8 Å². The van der Waals surface area contributed by atoms with E-state index >= 15 is 0 Å². The third-order valence-corrected chi connectivity index (χ3v) is 3.41. The lowest BCUT2D eigenvalue weighted by Crippen LogP contribution is -2.87. The smallest absolute Gasteiger partial charge is 0.255 e. The van der Waals surface area contributed by atoms with Crippen LogP contribution in [0, 0.1) is 0 Å². The lowest BCUT2D eigenvalue weighted by atomic mass is 10.1. The number of nitrogens with two attached hydrogens (primary N) is 2. The highest BCUT2D eigenvalue weighted by atomic mass is 16.5. The molecule has 1 aliphatic carbocycles. The molecule has 2 rings (SSSR count). The van der Waals surface area contributed by atoms with E-state index in [0.29, 0.717) is 0 Å². The summed E-state index contributed by atoms with van der Waals surface area (Å²) < 4.78 is 5.42. The Hall–Kier alpha value is -1.55. The van der Waals surface area contributed by atoms with Gasteiger partial charge >= 0.3 is 0 Å². The van der Waals surface area contributed by atoms with Crippen LogP contribution in [0.2, 0.25) is 0 Å². The molecule has 0 saturated heterocycles. The first-order valence-corrected chi connectivity index (χ1v) is 6.58. The van der Waals surface area contributed by atoms with Crippen LogP contribution in [0.25, 0.3) is 0 Å². The maximum atomic E-state index is 10.7. The molecule has 1 saturated carbocycles. The largest absolute Gasteiger partial charge is 0.483 e. The molecular formula is C14H21N2O2+. The number of para-hydroxylation sites is 1. The molecule has 18 heavy (non-hydrogen) atoms. The Bertz CT molecular complexity index is 401. The van der Waals surface area contributed by atoms with Gasteiger partial charge in [-0.05, 0) is 37.8 Å². The van der Waals surface area contributed by atoms with Crippen molar-refractivity contribution in [2.75, 3.05) is 6.61 Å². The molecule has 0 radical (unpaired) electrons. The highest BCUT2D eigenvalue weighted by Crippen LogP contribution is 2.18. The summed E-state index contributed by atoms with van der Waals surface area (Å²) in [4.78, 5) is 10.7. The predicted octanol–water partition coefficient (Wildman–Crippen LogP) is 0.557. The lowest BCUT2D eigenvalue weighted by Gasteiger charge is -2.12. The summed E-state index contributed by atoms with van der Waals surface area (Å²) in [5, 5.41) is 2.37. The number of rotatable bonds is 6. The van der Waals surface area contributed by atoms with Crippen LogP contribution in [0.15, 0.2) is 24.3 Å². The van der Waals surface area contributed by atoms with Crippen LogP contribution in [0.5, 0.6) is 5.75 Å². The van der Waals surface area contributed by atoms with Crippen molar-refractivity contribution in [2.45, 2.75) is 38.3 Å². The van der Waals surface area contributed by atoms with Crippen LogP contribution in [0.4, 0.5) is 0 Å². The summed E-state index contributed by atoms with van der Waals surface area (Å²) >= 11 is 0. The normalized spacial score (nSPS) is 15.8. The maximum absolute atomic E-state index is 10.7. The first kappa shape index (κ1) is 12.9. The van der Waals surface area contributed by atoms with Crippen LogP contribution in [-0.4, -0.2) is 18.6 Å². The molecule has 1 fully saturated rings. The number of carbonyl (C=O) groups excluding carboxylic acids is 1. The number of benzene rings is 1. The zero-order valence-electron chi connectivity index (χ0n) is 10.6. The van der Waals surface area contributed by atoms with Crippen molar-refractivity contribution in [2.24, 2.45) is 5.73 Å². The van der Waals surface area contributed by atoms with E-state index in [-0.39, 0.29) is 6.61 Å². The molecule has 1 amide bonds. The van der Waals surface area contributed by atoms with Crippen LogP contribution < -0.4 is 15.8 Å². The van der Waals surface area contributed by atoms with Gasteiger partial charge in [-0.1, -0.05) is 12.1 Å². The van der Waals surface area contributed by atoms with Gasteiger partial charge in [0.15, 0.2) is 6.61 Å². The van der Waals surface area contributed by atoms with Gasteiger partial charge in [0, 0.05) is 5.56 Å². The summed E-state index contributed by atoms with van der Waals surface area (Å²) in [5.41, 5.74) is 6.22. The lowest BCUT2D eigenvalue weighted by molar-refractivity contribution is -0.703. The third kappa shape index (κ3) is 3.74. The quantitative estimate of drug-likeness (QED) is 0.773. The minimum atomic E-state index is -0.440. The molecule has 4 N–H and O–H groups in total. The van der Waals surface area contributed by atoms with Crippen molar-refractivity contribution >= 4 is 5.91 Å². The van der Waals surface area contributed by atoms with E-state index in [1.54, 1.807) is 0 Å². The van der Waals surface area contributed by atoms with Crippen molar-refractivity contribution in [1.29, 1.82) is 0 Å². The minimum Gasteiger partial charge on any atom is -0.483 e. The Morgan fingerprint density at radius 2 is 2.06 bits per heavy atom. The van der Waals surface area contributed by atoms with Crippen molar-refractivity contribution in [1.82, 2.24) is 0 Å². The van der Waals surface area contributed by atoms with E-state index in [2.05, 4.69) is 5.32 Å². The SMILES string of the molecule is NC(=O)COc1ccccc1C[NH2+]C1CCCC1. The van der Waals surface area contributed by atoms with Crippen molar-refractivity contribution in [3.8, 4) is 5.75 Å². The summed E-state index contributed by atoms with van der Waals surface area (Å²) in [6.07, 6.45) is 5.32. The standard InChI is InChI=1S/C14H20N2O2/c15-14(17)10-18-13-8-4-1-5-11(13)9-16-12-6-2-3-7-12/h1,4-5,8,12,16H,2-3,6-7,9-10H2,(H2,15,17)/p+1. The monoisotopic (exact) mass is 249 g/mol. The zero-order chi connectivity index (χ0) is 12.8. The van der Waals surface area contributed by atoms with E-state index in [1.807, 2.05) is 24.3 Å². The first-order chi connectivity index (χ1) is 8.75. The molecule has 0 aromatic heterocycles. The molecule has 4 nitrogen and oxygen atoms in total. The number of ether oxygens (including phenoxy) is 1. The molecule has 0 unspecified atom stereocenters. The second-order valence-electron chi connectivity index (χ2n) is 4.85. The molecule has 1 aliphatic rings. The molecular weight excluding hydrogens is 228 g/mol. The minimum absolute atomic E-state index is 0.0551. The molecule has 0 heterocycles. The second kappa shape index (κ2) is 6.40. The number of carbonyl (C=O) groups is 1. The molecule has 0 atom stereocenters. The van der Waals surface area contributed by atoms with Gasteiger partial charge in [0.1, 0.15) is 12.3 Å². The number of quaternary nitrogens is 1. The molecule has 0 aliphatic heterocycles. The zero-order valence-corrected chi connectivity index (χ0v) is 10.6. The Kier molecular flexibility index (Phi) is 4.59. The van der Waals surface area contributed by atoms with E-state index in [4.69, 9.17) is 10.5 Å². The molecule has 1 aromatic carbocycles. The number of hydrogen-bond donors (Lipinski definition) is 2. The molecule has 1 aromatic rings. The van der Waals surface area contributed by atoms with Gasteiger partial charge in [0.25, 0.3) is 5.91 Å². The van der Waals surface area contributed by atoms with E-state index in [0.717, 1.165) is 23.9 Å². The van der Waals surface area contributed by atoms with Gasteiger partial charge in [-0.25, -0.2) is 0 Å². The average molecular weight is 249 g/mol.